The number of aryl methyl sites for hydroxylation is 1. The monoisotopic (exact) mass is 609 g/mol. The largest absolute Gasteiger partial charge is 0.379 e. The SMILES string of the molecule is N#Cc1cccc2c1CCC2CCC(=O)N1CCCC1c1cccc(C(=O)Nc2nc3c(s2)CC(N2CCOCC2)CC3)c1. The summed E-state index contributed by atoms with van der Waals surface area (Å²) in [6.45, 7) is 4.33. The Balaban J connectivity index is 0.977. The molecule has 0 saturated carbocycles. The summed E-state index contributed by atoms with van der Waals surface area (Å²) >= 11 is 1.60. The van der Waals surface area contributed by atoms with E-state index in [1.165, 1.54) is 10.4 Å². The van der Waals surface area contributed by atoms with Gasteiger partial charge in [-0.15, -0.1) is 11.3 Å². The van der Waals surface area contributed by atoms with E-state index in [9.17, 15) is 14.9 Å². The third-order valence-corrected chi connectivity index (χ3v) is 11.1. The molecule has 2 aromatic carbocycles. The van der Waals surface area contributed by atoms with Crippen LogP contribution in [-0.2, 0) is 28.8 Å². The highest BCUT2D eigenvalue weighted by atomic mass is 32.1. The van der Waals surface area contributed by atoms with Crippen LogP contribution in [0, 0.1) is 11.3 Å². The summed E-state index contributed by atoms with van der Waals surface area (Å²) in [6, 6.07) is 16.6. The van der Waals surface area contributed by atoms with Crippen LogP contribution in [0.1, 0.15) is 93.7 Å². The van der Waals surface area contributed by atoms with Gasteiger partial charge in [0.1, 0.15) is 0 Å². The van der Waals surface area contributed by atoms with Crippen molar-refractivity contribution in [1.82, 2.24) is 14.8 Å². The number of hydrogen-bond acceptors (Lipinski definition) is 7. The van der Waals surface area contributed by atoms with Crippen molar-refractivity contribution < 1.29 is 14.3 Å². The maximum Gasteiger partial charge on any atom is 0.257 e. The number of ether oxygens (including phenoxy) is 1. The molecule has 2 fully saturated rings. The van der Waals surface area contributed by atoms with Crippen molar-refractivity contribution in [1.29, 1.82) is 5.26 Å². The number of anilines is 1. The average molecular weight is 610 g/mol. The molecule has 2 aliphatic carbocycles. The lowest BCUT2D eigenvalue weighted by Crippen LogP contribution is -2.45. The van der Waals surface area contributed by atoms with Crippen molar-refractivity contribution in [2.24, 2.45) is 0 Å². The van der Waals surface area contributed by atoms with Crippen molar-refractivity contribution in [3.63, 3.8) is 0 Å². The lowest BCUT2D eigenvalue weighted by Gasteiger charge is -2.36. The van der Waals surface area contributed by atoms with Crippen LogP contribution >= 0.6 is 11.3 Å². The molecule has 1 aromatic heterocycles. The zero-order chi connectivity index (χ0) is 30.0. The second kappa shape index (κ2) is 12.8. The molecular formula is C35H39N5O3S. The molecule has 2 amide bonds. The second-order valence-corrected chi connectivity index (χ2v) is 13.6. The Morgan fingerprint density at radius 1 is 1.07 bits per heavy atom. The average Bonchev–Trinajstić information content (AvgIpc) is 3.82. The van der Waals surface area contributed by atoms with Crippen LogP contribution in [0.4, 0.5) is 5.13 Å². The molecule has 2 aliphatic heterocycles. The van der Waals surface area contributed by atoms with Gasteiger partial charge in [-0.05, 0) is 92.2 Å². The van der Waals surface area contributed by atoms with Gasteiger partial charge in [-0.1, -0.05) is 24.3 Å². The molecule has 228 valence electrons. The number of hydrogen-bond donors (Lipinski definition) is 1. The maximum absolute atomic E-state index is 13.5. The summed E-state index contributed by atoms with van der Waals surface area (Å²) in [6.07, 6.45) is 8.10. The molecule has 0 bridgehead atoms. The number of nitrogens with zero attached hydrogens (tertiary/aromatic N) is 4. The number of carbonyl (C=O) groups excluding carboxylic acids is 2. The van der Waals surface area contributed by atoms with Crippen LogP contribution < -0.4 is 5.32 Å². The first-order valence-corrected chi connectivity index (χ1v) is 16.9. The van der Waals surface area contributed by atoms with E-state index in [0.717, 1.165) is 107 Å². The van der Waals surface area contributed by atoms with E-state index in [-0.39, 0.29) is 17.9 Å². The van der Waals surface area contributed by atoms with Crippen molar-refractivity contribution in [2.75, 3.05) is 38.2 Å². The van der Waals surface area contributed by atoms with Gasteiger partial charge >= 0.3 is 0 Å². The van der Waals surface area contributed by atoms with Crippen LogP contribution in [0.15, 0.2) is 42.5 Å². The molecule has 1 N–H and O–H groups in total. The van der Waals surface area contributed by atoms with E-state index < -0.39 is 0 Å². The molecule has 3 atom stereocenters. The predicted molar refractivity (Wildman–Crippen MR) is 170 cm³/mol. The van der Waals surface area contributed by atoms with Gasteiger partial charge in [-0.2, -0.15) is 5.26 Å². The fraction of sp³-hybridized carbons (Fsp3) is 0.486. The molecule has 4 aliphatic rings. The van der Waals surface area contributed by atoms with Crippen LogP contribution in [0.25, 0.3) is 0 Å². The number of aromatic nitrogens is 1. The van der Waals surface area contributed by atoms with Crippen molar-refractivity contribution in [2.45, 2.75) is 75.8 Å². The van der Waals surface area contributed by atoms with E-state index in [1.807, 2.05) is 41.3 Å². The topological polar surface area (TPSA) is 98.6 Å². The summed E-state index contributed by atoms with van der Waals surface area (Å²) in [5, 5.41) is 13.2. The molecule has 0 radical (unpaired) electrons. The number of likely N-dealkylation sites (tertiary alicyclic amines) is 1. The molecule has 44 heavy (non-hydrogen) atoms. The zero-order valence-corrected chi connectivity index (χ0v) is 25.9. The minimum Gasteiger partial charge on any atom is -0.379 e. The number of fused-ring (bicyclic) bond motifs is 2. The Kier molecular flexibility index (Phi) is 8.48. The third kappa shape index (κ3) is 5.91. The standard InChI is InChI=1S/C35H39N5O3S/c36-22-26-6-2-7-28-23(9-12-29(26)28)10-14-33(41)40-15-3-8-31(40)24-4-1-5-25(20-24)34(42)38-35-37-30-13-11-27(21-32(30)44-35)39-16-18-43-19-17-39/h1-2,4-7,20,23,27,31H,3,8-19,21H2,(H,37,38,42). The fourth-order valence-corrected chi connectivity index (χ4v) is 8.79. The van der Waals surface area contributed by atoms with Crippen LogP contribution in [0.2, 0.25) is 0 Å². The number of benzene rings is 2. The molecule has 3 heterocycles. The predicted octanol–water partition coefficient (Wildman–Crippen LogP) is 5.63. The minimum absolute atomic E-state index is 0.0133. The van der Waals surface area contributed by atoms with E-state index in [1.54, 1.807) is 11.3 Å². The lowest BCUT2D eigenvalue weighted by molar-refractivity contribution is -0.132. The van der Waals surface area contributed by atoms with Gasteiger partial charge in [0.25, 0.3) is 5.91 Å². The molecule has 2 saturated heterocycles. The molecule has 3 aromatic rings. The molecule has 9 heteroatoms. The third-order valence-electron chi connectivity index (χ3n) is 10.0. The number of morpholine rings is 1. The van der Waals surface area contributed by atoms with E-state index in [2.05, 4.69) is 22.4 Å². The Bertz CT molecular complexity index is 1590. The minimum atomic E-state index is -0.157. The Morgan fingerprint density at radius 3 is 2.80 bits per heavy atom. The van der Waals surface area contributed by atoms with Gasteiger partial charge in [0, 0.05) is 42.5 Å². The highest BCUT2D eigenvalue weighted by molar-refractivity contribution is 7.15. The number of nitriles is 1. The molecule has 0 spiro atoms. The van der Waals surface area contributed by atoms with Crippen molar-refractivity contribution in [3.8, 4) is 6.07 Å². The zero-order valence-electron chi connectivity index (χ0n) is 25.1. The summed E-state index contributed by atoms with van der Waals surface area (Å²) < 4.78 is 5.53. The highest BCUT2D eigenvalue weighted by Gasteiger charge is 2.32. The number of rotatable bonds is 7. The van der Waals surface area contributed by atoms with Crippen molar-refractivity contribution in [3.05, 3.63) is 80.9 Å². The molecular weight excluding hydrogens is 570 g/mol. The smallest absolute Gasteiger partial charge is 0.257 e. The number of carbonyl (C=O) groups is 2. The number of thiazole rings is 1. The van der Waals surface area contributed by atoms with Gasteiger partial charge in [-0.3, -0.25) is 19.8 Å². The summed E-state index contributed by atoms with van der Waals surface area (Å²) in [4.78, 5) is 37.4. The van der Waals surface area contributed by atoms with Crippen LogP contribution in [0.5, 0.6) is 0 Å². The highest BCUT2D eigenvalue weighted by Crippen LogP contribution is 2.39. The molecule has 3 unspecified atom stereocenters. The maximum atomic E-state index is 13.5. The van der Waals surface area contributed by atoms with Crippen molar-refractivity contribution >= 4 is 28.3 Å². The normalized spacial score (nSPS) is 23.2. The van der Waals surface area contributed by atoms with Crippen LogP contribution in [-0.4, -0.2) is 65.5 Å². The van der Waals surface area contributed by atoms with Crippen LogP contribution in [0.3, 0.4) is 0 Å². The molecule has 7 rings (SSSR count). The Hall–Kier alpha value is -3.58. The summed E-state index contributed by atoms with van der Waals surface area (Å²) in [5.74, 6) is 0.350. The molecule has 8 nitrogen and oxygen atoms in total. The Morgan fingerprint density at radius 2 is 1.93 bits per heavy atom. The fourth-order valence-electron chi connectivity index (χ4n) is 7.72. The van der Waals surface area contributed by atoms with Gasteiger partial charge in [0.2, 0.25) is 5.91 Å². The quantitative estimate of drug-likeness (QED) is 0.373. The first-order valence-electron chi connectivity index (χ1n) is 16.1. The Labute approximate surface area is 263 Å². The van der Waals surface area contributed by atoms with E-state index >= 15 is 0 Å². The second-order valence-electron chi connectivity index (χ2n) is 12.5. The summed E-state index contributed by atoms with van der Waals surface area (Å²) in [7, 11) is 0. The van der Waals surface area contributed by atoms with Gasteiger partial charge in [0.05, 0.1) is 36.6 Å². The first kappa shape index (κ1) is 29.1. The number of amides is 2. The van der Waals surface area contributed by atoms with Gasteiger partial charge < -0.3 is 9.64 Å². The van der Waals surface area contributed by atoms with Gasteiger partial charge in [0.15, 0.2) is 5.13 Å². The lowest BCUT2D eigenvalue weighted by atomic mass is 9.94. The summed E-state index contributed by atoms with van der Waals surface area (Å²) in [5.41, 5.74) is 5.91. The number of nitrogens with one attached hydrogen (secondary N) is 1. The van der Waals surface area contributed by atoms with E-state index in [0.29, 0.717) is 29.1 Å². The first-order chi connectivity index (χ1) is 21.6. The van der Waals surface area contributed by atoms with Gasteiger partial charge in [-0.25, -0.2) is 4.98 Å². The van der Waals surface area contributed by atoms with E-state index in [4.69, 9.17) is 9.72 Å².